The molecule has 0 fully saturated rings. The van der Waals surface area contributed by atoms with Gasteiger partial charge in [0.1, 0.15) is 5.75 Å². The zero-order chi connectivity index (χ0) is 11.8. The summed E-state index contributed by atoms with van der Waals surface area (Å²) in [5.41, 5.74) is 0.788. The monoisotopic (exact) mass is 209 g/mol. The van der Waals surface area contributed by atoms with E-state index < -0.39 is 4.92 Å². The Labute approximate surface area is 88.7 Å². The van der Waals surface area contributed by atoms with Crippen molar-refractivity contribution < 1.29 is 10.0 Å². The molecule has 1 aromatic rings. The van der Waals surface area contributed by atoms with E-state index >= 15 is 0 Å². The number of rotatable bonds is 1. The summed E-state index contributed by atoms with van der Waals surface area (Å²) in [5.74, 6) is 0.102. The molecule has 0 saturated heterocycles. The number of nitrogens with zero attached hydrogens (tertiary/aromatic N) is 1. The number of aryl methyl sites for hydroxylation is 1. The topological polar surface area (TPSA) is 63.4 Å². The lowest BCUT2D eigenvalue weighted by atomic mass is 9.85. The lowest BCUT2D eigenvalue weighted by Crippen LogP contribution is -2.13. The average Bonchev–Trinajstić information content (AvgIpc) is 2.06. The van der Waals surface area contributed by atoms with Crippen LogP contribution in [0.5, 0.6) is 5.75 Å². The van der Waals surface area contributed by atoms with Crippen LogP contribution in [0.2, 0.25) is 0 Å². The van der Waals surface area contributed by atoms with Gasteiger partial charge >= 0.3 is 0 Å². The first kappa shape index (κ1) is 11.5. The first-order valence-corrected chi connectivity index (χ1v) is 4.72. The van der Waals surface area contributed by atoms with E-state index in [2.05, 4.69) is 0 Å². The molecule has 4 heteroatoms. The second-order valence-corrected chi connectivity index (χ2v) is 4.66. The quantitative estimate of drug-likeness (QED) is 0.571. The lowest BCUT2D eigenvalue weighted by molar-refractivity contribution is -0.386. The third-order valence-corrected chi connectivity index (χ3v) is 2.32. The van der Waals surface area contributed by atoms with Gasteiger partial charge < -0.3 is 5.11 Å². The number of benzene rings is 1. The van der Waals surface area contributed by atoms with Crippen LogP contribution in [0.1, 0.15) is 31.9 Å². The zero-order valence-electron chi connectivity index (χ0n) is 9.37. The van der Waals surface area contributed by atoms with Crippen LogP contribution in [-0.2, 0) is 5.41 Å². The molecule has 0 heterocycles. The molecule has 0 spiro atoms. The Balaban J connectivity index is 3.49. The molecule has 0 aliphatic rings. The van der Waals surface area contributed by atoms with E-state index in [0.29, 0.717) is 11.1 Å². The summed E-state index contributed by atoms with van der Waals surface area (Å²) in [5, 5.41) is 20.4. The second kappa shape index (κ2) is 3.53. The van der Waals surface area contributed by atoms with Gasteiger partial charge in [-0.1, -0.05) is 20.8 Å². The minimum atomic E-state index is -0.410. The van der Waals surface area contributed by atoms with Gasteiger partial charge in [0.05, 0.1) is 4.92 Å². The van der Waals surface area contributed by atoms with Crippen LogP contribution in [0.25, 0.3) is 0 Å². The Bertz CT molecular complexity index is 405. The van der Waals surface area contributed by atoms with Gasteiger partial charge in [-0.25, -0.2) is 0 Å². The molecule has 0 radical (unpaired) electrons. The number of hydrogen-bond acceptors (Lipinski definition) is 3. The first-order chi connectivity index (χ1) is 6.73. The summed E-state index contributed by atoms with van der Waals surface area (Å²) in [7, 11) is 0. The van der Waals surface area contributed by atoms with Crippen LogP contribution in [0, 0.1) is 17.0 Å². The number of aromatic hydroxyl groups is 1. The summed E-state index contributed by atoms with van der Waals surface area (Å²) in [6.45, 7) is 7.28. The van der Waals surface area contributed by atoms with E-state index in [1.165, 1.54) is 12.1 Å². The van der Waals surface area contributed by atoms with Crippen molar-refractivity contribution in [3.05, 3.63) is 33.4 Å². The molecule has 0 bridgehead atoms. The Hall–Kier alpha value is -1.58. The number of nitro benzene ring substituents is 1. The molecule has 0 aromatic heterocycles. The molecule has 0 aliphatic heterocycles. The Morgan fingerprint density at radius 3 is 2.27 bits per heavy atom. The smallest absolute Gasteiger partial charge is 0.273 e. The molecule has 1 N–H and O–H groups in total. The van der Waals surface area contributed by atoms with Gasteiger partial charge in [0, 0.05) is 11.6 Å². The Kier molecular flexibility index (Phi) is 2.71. The minimum Gasteiger partial charge on any atom is -0.508 e. The molecule has 0 atom stereocenters. The molecule has 4 nitrogen and oxygen atoms in total. The van der Waals surface area contributed by atoms with Crippen LogP contribution in [0.15, 0.2) is 12.1 Å². The van der Waals surface area contributed by atoms with Crippen molar-refractivity contribution in [1.82, 2.24) is 0 Å². The van der Waals surface area contributed by atoms with Crippen molar-refractivity contribution in [3.8, 4) is 5.75 Å². The second-order valence-electron chi connectivity index (χ2n) is 4.66. The van der Waals surface area contributed by atoms with Crippen molar-refractivity contribution >= 4 is 5.69 Å². The van der Waals surface area contributed by atoms with Crippen LogP contribution in [0.3, 0.4) is 0 Å². The first-order valence-electron chi connectivity index (χ1n) is 4.72. The maximum atomic E-state index is 10.9. The van der Waals surface area contributed by atoms with Crippen molar-refractivity contribution in [2.75, 3.05) is 0 Å². The largest absolute Gasteiger partial charge is 0.508 e. The fourth-order valence-corrected chi connectivity index (χ4v) is 1.43. The summed E-state index contributed by atoms with van der Waals surface area (Å²) in [6.07, 6.45) is 0. The Morgan fingerprint density at radius 2 is 1.87 bits per heavy atom. The highest BCUT2D eigenvalue weighted by molar-refractivity contribution is 5.52. The molecular formula is C11H15NO3. The summed E-state index contributed by atoms with van der Waals surface area (Å²) in [4.78, 5) is 10.4. The van der Waals surface area contributed by atoms with E-state index in [1.807, 2.05) is 20.8 Å². The normalized spacial score (nSPS) is 11.5. The number of phenolic OH excluding ortho intramolecular Hbond substituents is 1. The van der Waals surface area contributed by atoms with Crippen molar-refractivity contribution in [2.45, 2.75) is 33.1 Å². The van der Waals surface area contributed by atoms with Gasteiger partial charge in [0.25, 0.3) is 5.69 Å². The minimum absolute atomic E-state index is 0.0674. The fourth-order valence-electron chi connectivity index (χ4n) is 1.43. The van der Waals surface area contributed by atoms with Gasteiger partial charge in [-0.3, -0.25) is 10.1 Å². The van der Waals surface area contributed by atoms with Crippen molar-refractivity contribution in [2.24, 2.45) is 0 Å². The van der Waals surface area contributed by atoms with Crippen molar-refractivity contribution in [3.63, 3.8) is 0 Å². The fraction of sp³-hybridized carbons (Fsp3) is 0.455. The molecule has 1 aromatic carbocycles. The van der Waals surface area contributed by atoms with E-state index in [4.69, 9.17) is 0 Å². The maximum Gasteiger partial charge on any atom is 0.273 e. The van der Waals surface area contributed by atoms with Crippen LogP contribution >= 0.6 is 0 Å². The van der Waals surface area contributed by atoms with E-state index in [0.717, 1.165) is 0 Å². The summed E-state index contributed by atoms with van der Waals surface area (Å²) < 4.78 is 0. The Morgan fingerprint density at radius 1 is 1.33 bits per heavy atom. The SMILES string of the molecule is Cc1cc([N+](=O)[O-])c(C(C)(C)C)cc1O. The molecule has 82 valence electrons. The van der Waals surface area contributed by atoms with Gasteiger partial charge in [0.2, 0.25) is 0 Å². The molecule has 0 amide bonds. The van der Waals surface area contributed by atoms with Gasteiger partial charge in [-0.15, -0.1) is 0 Å². The molecular weight excluding hydrogens is 194 g/mol. The predicted molar refractivity (Wildman–Crippen MR) is 58.2 cm³/mol. The molecule has 0 unspecified atom stereocenters. The predicted octanol–water partition coefficient (Wildman–Crippen LogP) is 2.91. The van der Waals surface area contributed by atoms with Gasteiger partial charge in [-0.05, 0) is 24.0 Å². The highest BCUT2D eigenvalue weighted by Crippen LogP contribution is 2.35. The number of hydrogen-bond donors (Lipinski definition) is 1. The summed E-state index contributed by atoms with van der Waals surface area (Å²) >= 11 is 0. The van der Waals surface area contributed by atoms with Gasteiger partial charge in [-0.2, -0.15) is 0 Å². The molecule has 15 heavy (non-hydrogen) atoms. The van der Waals surface area contributed by atoms with E-state index in [-0.39, 0.29) is 16.9 Å². The molecule has 1 rings (SSSR count). The third-order valence-electron chi connectivity index (χ3n) is 2.32. The third kappa shape index (κ3) is 2.26. The molecule has 0 saturated carbocycles. The lowest BCUT2D eigenvalue weighted by Gasteiger charge is -2.19. The zero-order valence-corrected chi connectivity index (χ0v) is 9.37. The van der Waals surface area contributed by atoms with E-state index in [1.54, 1.807) is 6.92 Å². The van der Waals surface area contributed by atoms with Crippen LogP contribution in [-0.4, -0.2) is 10.0 Å². The average molecular weight is 209 g/mol. The van der Waals surface area contributed by atoms with Gasteiger partial charge in [0.15, 0.2) is 0 Å². The highest BCUT2D eigenvalue weighted by atomic mass is 16.6. The van der Waals surface area contributed by atoms with Crippen LogP contribution in [0.4, 0.5) is 5.69 Å². The number of nitro groups is 1. The number of phenols is 1. The standard InChI is InChI=1S/C11H15NO3/c1-7-5-9(12(14)15)8(6-10(7)13)11(2,3)4/h5-6,13H,1-4H3. The summed E-state index contributed by atoms with van der Waals surface area (Å²) in [6, 6.07) is 2.89. The highest BCUT2D eigenvalue weighted by Gasteiger charge is 2.26. The van der Waals surface area contributed by atoms with Crippen LogP contribution < -0.4 is 0 Å². The van der Waals surface area contributed by atoms with Crippen molar-refractivity contribution in [1.29, 1.82) is 0 Å². The maximum absolute atomic E-state index is 10.9. The molecule has 0 aliphatic carbocycles. The van der Waals surface area contributed by atoms with E-state index in [9.17, 15) is 15.2 Å².